The zero-order chi connectivity index (χ0) is 25.7. The van der Waals surface area contributed by atoms with Crippen LogP contribution < -0.4 is 0 Å². The van der Waals surface area contributed by atoms with Gasteiger partial charge in [0.2, 0.25) is 0 Å². The molecule has 2 saturated carbocycles. The van der Waals surface area contributed by atoms with Gasteiger partial charge in [-0.1, -0.05) is 52.2 Å². The minimum atomic E-state index is -1.81. The Labute approximate surface area is 221 Å². The Morgan fingerprint density at radius 2 is 1.91 bits per heavy atom. The maximum atomic E-state index is 10.7. The van der Waals surface area contributed by atoms with E-state index in [1.807, 2.05) is 0 Å². The van der Waals surface area contributed by atoms with E-state index < -0.39 is 14.3 Å². The standard InChI is InChI=1S/C29H52ClNO3Si/c1-28(2,3)35(4,5)34-26(29(18-11-19-29)22-23-15-16-23)13-10-20-31-21-17-24(30)25(31)12-8-6-7-9-14-27(32)33/h6,8,23-26H,7,9-22H2,1-5H3,(H,32,33)/t24-,25-,26?/m1/s1. The maximum absolute atomic E-state index is 10.7. The van der Waals surface area contributed by atoms with Crippen LogP contribution in [0.4, 0.5) is 0 Å². The van der Waals surface area contributed by atoms with Crippen LogP contribution in [0.15, 0.2) is 12.2 Å². The number of hydrogen-bond donors (Lipinski definition) is 1. The lowest BCUT2D eigenvalue weighted by Crippen LogP contribution is -2.52. The lowest BCUT2D eigenvalue weighted by molar-refractivity contribution is -0.137. The first-order chi connectivity index (χ1) is 16.4. The van der Waals surface area contributed by atoms with Gasteiger partial charge in [-0.15, -0.1) is 11.6 Å². The molecule has 1 N–H and O–H groups in total. The minimum absolute atomic E-state index is 0.214. The molecule has 3 rings (SSSR count). The van der Waals surface area contributed by atoms with E-state index in [4.69, 9.17) is 21.1 Å². The third-order valence-electron chi connectivity index (χ3n) is 9.46. The number of hydrogen-bond acceptors (Lipinski definition) is 3. The van der Waals surface area contributed by atoms with Crippen LogP contribution in [-0.2, 0) is 9.22 Å². The molecule has 35 heavy (non-hydrogen) atoms. The number of halogens is 1. The van der Waals surface area contributed by atoms with Crippen LogP contribution in [0.3, 0.4) is 0 Å². The van der Waals surface area contributed by atoms with Gasteiger partial charge in [0.05, 0.1) is 11.5 Å². The Balaban J connectivity index is 1.55. The molecule has 3 atom stereocenters. The summed E-state index contributed by atoms with van der Waals surface area (Å²) < 4.78 is 7.21. The van der Waals surface area contributed by atoms with Crippen molar-refractivity contribution in [2.75, 3.05) is 13.1 Å². The number of aliphatic carboxylic acids is 1. The van der Waals surface area contributed by atoms with Crippen molar-refractivity contribution in [1.29, 1.82) is 0 Å². The second kappa shape index (κ2) is 12.5. The van der Waals surface area contributed by atoms with Crippen molar-refractivity contribution in [2.45, 2.75) is 140 Å². The summed E-state index contributed by atoms with van der Waals surface area (Å²) in [6.45, 7) is 14.2. The molecule has 1 heterocycles. The highest BCUT2D eigenvalue weighted by atomic mass is 35.5. The Morgan fingerprint density at radius 1 is 1.20 bits per heavy atom. The number of allylic oxidation sites excluding steroid dienone is 1. The van der Waals surface area contributed by atoms with Crippen molar-refractivity contribution in [3.63, 3.8) is 0 Å². The van der Waals surface area contributed by atoms with E-state index in [0.29, 0.717) is 24.0 Å². The van der Waals surface area contributed by atoms with Crippen molar-refractivity contribution in [2.24, 2.45) is 11.3 Å². The first kappa shape index (κ1) is 29.2. The molecule has 3 aliphatic rings. The van der Waals surface area contributed by atoms with Gasteiger partial charge < -0.3 is 9.53 Å². The summed E-state index contributed by atoms with van der Waals surface area (Å²) in [5.74, 6) is 0.251. The zero-order valence-electron chi connectivity index (χ0n) is 23.2. The van der Waals surface area contributed by atoms with Gasteiger partial charge in [-0.25, -0.2) is 0 Å². The number of rotatable bonds is 15. The third-order valence-corrected chi connectivity index (χ3v) is 14.5. The van der Waals surface area contributed by atoms with Crippen LogP contribution in [0.5, 0.6) is 0 Å². The summed E-state index contributed by atoms with van der Waals surface area (Å²) in [6.07, 6.45) is 19.4. The molecule has 0 bridgehead atoms. The number of alkyl halides is 1. The first-order valence-electron chi connectivity index (χ1n) is 14.4. The molecular weight excluding hydrogens is 474 g/mol. The summed E-state index contributed by atoms with van der Waals surface area (Å²) in [7, 11) is -1.81. The van der Waals surface area contributed by atoms with Crippen LogP contribution in [-0.4, -0.2) is 54.9 Å². The third kappa shape index (κ3) is 8.31. The number of likely N-dealkylation sites (tertiary alicyclic amines) is 1. The zero-order valence-corrected chi connectivity index (χ0v) is 24.9. The molecule has 0 amide bonds. The average molecular weight is 526 g/mol. The van der Waals surface area contributed by atoms with Gasteiger partial charge in [-0.05, 0) is 100 Å². The molecule has 0 radical (unpaired) electrons. The molecule has 1 unspecified atom stereocenters. The van der Waals surface area contributed by atoms with Gasteiger partial charge in [0, 0.05) is 12.5 Å². The molecule has 3 fully saturated rings. The summed E-state index contributed by atoms with van der Waals surface area (Å²) in [5, 5.41) is 9.26. The molecular formula is C29H52ClNO3Si. The van der Waals surface area contributed by atoms with Gasteiger partial charge >= 0.3 is 5.97 Å². The highest BCUT2D eigenvalue weighted by Crippen LogP contribution is 2.56. The largest absolute Gasteiger partial charge is 0.481 e. The monoisotopic (exact) mass is 525 g/mol. The van der Waals surface area contributed by atoms with Gasteiger partial charge in [0.1, 0.15) is 0 Å². The van der Waals surface area contributed by atoms with Gasteiger partial charge in [0.15, 0.2) is 8.32 Å². The van der Waals surface area contributed by atoms with Gasteiger partial charge in [-0.2, -0.15) is 0 Å². The van der Waals surface area contributed by atoms with E-state index >= 15 is 0 Å². The van der Waals surface area contributed by atoms with Gasteiger partial charge in [-0.3, -0.25) is 9.69 Å². The Morgan fingerprint density at radius 3 is 2.49 bits per heavy atom. The number of nitrogens with zero attached hydrogens (tertiary/aromatic N) is 1. The summed E-state index contributed by atoms with van der Waals surface area (Å²) >= 11 is 6.73. The quantitative estimate of drug-likeness (QED) is 0.102. The van der Waals surface area contributed by atoms with E-state index in [2.05, 4.69) is 50.9 Å². The lowest BCUT2D eigenvalue weighted by Gasteiger charge is -2.52. The molecule has 1 aliphatic heterocycles. The highest BCUT2D eigenvalue weighted by Gasteiger charge is 2.50. The highest BCUT2D eigenvalue weighted by molar-refractivity contribution is 6.74. The van der Waals surface area contributed by atoms with Crippen molar-refractivity contribution >= 4 is 25.9 Å². The summed E-state index contributed by atoms with van der Waals surface area (Å²) in [5.41, 5.74) is 0.439. The van der Waals surface area contributed by atoms with Crippen molar-refractivity contribution in [1.82, 2.24) is 4.90 Å². The first-order valence-corrected chi connectivity index (χ1v) is 17.7. The number of carboxylic acid groups (broad SMARTS) is 1. The average Bonchev–Trinajstić information content (AvgIpc) is 3.48. The predicted octanol–water partition coefficient (Wildman–Crippen LogP) is 8.01. The fourth-order valence-corrected chi connectivity index (χ4v) is 7.66. The number of carbonyl (C=O) groups is 1. The predicted molar refractivity (Wildman–Crippen MR) is 150 cm³/mol. The van der Waals surface area contributed by atoms with Crippen LogP contribution in [0, 0.1) is 11.3 Å². The molecule has 0 aromatic rings. The molecule has 1 saturated heterocycles. The minimum Gasteiger partial charge on any atom is -0.481 e. The Bertz CT molecular complexity index is 711. The van der Waals surface area contributed by atoms with Crippen LogP contribution in [0.2, 0.25) is 18.1 Å². The van der Waals surface area contributed by atoms with E-state index in [0.717, 1.165) is 38.3 Å². The van der Waals surface area contributed by atoms with E-state index in [1.165, 1.54) is 51.4 Å². The fraction of sp³-hybridized carbons (Fsp3) is 0.897. The summed E-state index contributed by atoms with van der Waals surface area (Å²) in [4.78, 5) is 13.3. The molecule has 4 nitrogen and oxygen atoms in total. The number of carboxylic acids is 1. The van der Waals surface area contributed by atoms with E-state index in [9.17, 15) is 4.79 Å². The molecule has 2 aliphatic carbocycles. The van der Waals surface area contributed by atoms with Crippen LogP contribution in [0.25, 0.3) is 0 Å². The Hall–Kier alpha value is -0.363. The smallest absolute Gasteiger partial charge is 0.303 e. The second-order valence-corrected chi connectivity index (χ2v) is 18.6. The fourth-order valence-electron chi connectivity index (χ4n) is 5.86. The normalized spacial score (nSPS) is 26.2. The SMILES string of the molecule is CC(C)(C)[Si](C)(C)OC(CCCN1CC[C@@H](Cl)[C@H]1CC=CCCCC(=O)O)C1(CC2CC2)CCC1. The van der Waals surface area contributed by atoms with Crippen molar-refractivity contribution in [3.05, 3.63) is 12.2 Å². The van der Waals surface area contributed by atoms with Gasteiger partial charge in [0.25, 0.3) is 0 Å². The van der Waals surface area contributed by atoms with E-state index in [1.54, 1.807) is 0 Å². The van der Waals surface area contributed by atoms with Crippen molar-refractivity contribution < 1.29 is 14.3 Å². The summed E-state index contributed by atoms with van der Waals surface area (Å²) in [6, 6.07) is 0.399. The number of unbranched alkanes of at least 4 members (excludes halogenated alkanes) is 1. The molecule has 0 aromatic heterocycles. The van der Waals surface area contributed by atoms with Crippen LogP contribution >= 0.6 is 11.6 Å². The second-order valence-electron chi connectivity index (χ2n) is 13.3. The lowest BCUT2D eigenvalue weighted by atomic mass is 9.61. The van der Waals surface area contributed by atoms with Crippen molar-refractivity contribution in [3.8, 4) is 0 Å². The topological polar surface area (TPSA) is 49.8 Å². The molecule has 0 spiro atoms. The Kier molecular flexibility index (Phi) is 10.4. The molecule has 0 aromatic carbocycles. The van der Waals surface area contributed by atoms with Crippen LogP contribution in [0.1, 0.15) is 104 Å². The molecule has 6 heteroatoms. The van der Waals surface area contributed by atoms with E-state index in [-0.39, 0.29) is 16.8 Å². The molecule has 202 valence electrons. The maximum Gasteiger partial charge on any atom is 0.303 e.